The number of nitrogens with zero attached hydrogens (tertiary/aromatic N) is 2. The fourth-order valence-corrected chi connectivity index (χ4v) is 4.95. The molecular weight excluding hydrogens is 473 g/mol. The average Bonchev–Trinajstić information content (AvgIpc) is 2.88. The van der Waals surface area contributed by atoms with Gasteiger partial charge in [-0.25, -0.2) is 8.42 Å². The van der Waals surface area contributed by atoms with Crippen LogP contribution in [0.1, 0.15) is 17.5 Å². The highest BCUT2D eigenvalue weighted by Crippen LogP contribution is 2.38. The summed E-state index contributed by atoms with van der Waals surface area (Å²) in [4.78, 5) is 27.8. The van der Waals surface area contributed by atoms with Crippen molar-refractivity contribution in [2.75, 3.05) is 34.3 Å². The van der Waals surface area contributed by atoms with E-state index < -0.39 is 40.5 Å². The molecule has 34 heavy (non-hydrogen) atoms. The normalized spacial score (nSPS) is 19.0. The van der Waals surface area contributed by atoms with Gasteiger partial charge in [0.1, 0.15) is 6.04 Å². The number of anilines is 3. The van der Waals surface area contributed by atoms with Crippen LogP contribution < -0.4 is 14.9 Å². The smallest absolute Gasteiger partial charge is 0.324 e. The van der Waals surface area contributed by atoms with E-state index in [4.69, 9.17) is 0 Å². The topological polar surface area (TPSA) is 98.8 Å². The molecule has 0 aliphatic carbocycles. The molecule has 0 saturated carbocycles. The van der Waals surface area contributed by atoms with Crippen LogP contribution >= 0.6 is 0 Å². The van der Waals surface area contributed by atoms with Gasteiger partial charge in [0.2, 0.25) is 21.8 Å². The Labute approximate surface area is 194 Å². The molecule has 4 rings (SSSR count). The maximum atomic E-state index is 13.9. The predicted molar refractivity (Wildman–Crippen MR) is 121 cm³/mol. The zero-order valence-corrected chi connectivity index (χ0v) is 19.0. The minimum Gasteiger partial charge on any atom is -0.324 e. The number of nitrogens with one attached hydrogen (secondary N) is 2. The van der Waals surface area contributed by atoms with Crippen LogP contribution in [0, 0.1) is 0 Å². The molecule has 2 aromatic carbocycles. The van der Waals surface area contributed by atoms with Gasteiger partial charge in [0, 0.05) is 13.1 Å². The monoisotopic (exact) mass is 496 g/mol. The Morgan fingerprint density at radius 1 is 1.18 bits per heavy atom. The number of para-hydroxylation sites is 2. The van der Waals surface area contributed by atoms with Crippen LogP contribution in [0.5, 0.6) is 0 Å². The van der Waals surface area contributed by atoms with E-state index in [2.05, 4.69) is 10.0 Å². The molecule has 2 aliphatic rings. The van der Waals surface area contributed by atoms with Crippen LogP contribution in [0.15, 0.2) is 42.5 Å². The second kappa shape index (κ2) is 8.91. The maximum absolute atomic E-state index is 13.9. The van der Waals surface area contributed by atoms with Gasteiger partial charge in [-0.05, 0) is 35.7 Å². The number of carbonyl (C=O) groups is 2. The van der Waals surface area contributed by atoms with Gasteiger partial charge in [-0.2, -0.15) is 13.2 Å². The molecular formula is C22H23F3N4O4S. The molecule has 0 aromatic heterocycles. The van der Waals surface area contributed by atoms with E-state index in [1.54, 1.807) is 29.2 Å². The molecule has 2 amide bonds. The van der Waals surface area contributed by atoms with Crippen molar-refractivity contribution < 1.29 is 31.2 Å². The molecule has 0 fully saturated rings. The zero-order valence-electron chi connectivity index (χ0n) is 18.2. The number of alkyl halides is 3. The summed E-state index contributed by atoms with van der Waals surface area (Å²) in [7, 11) is -3.48. The summed E-state index contributed by atoms with van der Waals surface area (Å²) in [6.07, 6.45) is -4.23. The second-order valence-electron chi connectivity index (χ2n) is 8.37. The molecule has 2 aromatic rings. The molecule has 182 valence electrons. The third-order valence-corrected chi connectivity index (χ3v) is 6.36. The number of fused-ring (bicyclic) bond motifs is 2. The number of carbonyl (C=O) groups excluding carboxylic acids is 2. The summed E-state index contributed by atoms with van der Waals surface area (Å²) in [6.45, 7) is 0.326. The molecule has 0 saturated heterocycles. The third kappa shape index (κ3) is 5.17. The number of halogens is 3. The van der Waals surface area contributed by atoms with Crippen molar-refractivity contribution in [3.63, 3.8) is 0 Å². The van der Waals surface area contributed by atoms with Gasteiger partial charge in [-0.15, -0.1) is 0 Å². The van der Waals surface area contributed by atoms with Crippen molar-refractivity contribution in [2.45, 2.75) is 31.6 Å². The lowest BCUT2D eigenvalue weighted by Crippen LogP contribution is -2.52. The Kier molecular flexibility index (Phi) is 6.30. The van der Waals surface area contributed by atoms with E-state index in [0.717, 1.165) is 17.4 Å². The van der Waals surface area contributed by atoms with E-state index in [1.807, 2.05) is 0 Å². The van der Waals surface area contributed by atoms with Gasteiger partial charge in [-0.1, -0.05) is 24.3 Å². The lowest BCUT2D eigenvalue weighted by atomic mass is 9.98. The van der Waals surface area contributed by atoms with Crippen molar-refractivity contribution in [1.82, 2.24) is 4.90 Å². The SMILES string of the molecule is CS(=O)(=O)Nc1cccc2c1CCN(CC(=O)N1c3ccccc3NC(=O)CC1C(F)(F)F)C2. The standard InChI is InChI=1S/C22H23F3N4O4S/c1-34(32,33)27-16-7-4-5-14-12-28(10-9-15(14)16)13-21(31)29-18-8-3-2-6-17(18)26-20(30)11-19(29)22(23,24)25/h2-8,19,27H,9-13H2,1H3,(H,26,30). The van der Waals surface area contributed by atoms with E-state index in [0.29, 0.717) is 23.6 Å². The summed E-state index contributed by atoms with van der Waals surface area (Å²) in [6, 6.07) is 8.75. The molecule has 2 heterocycles. The lowest BCUT2D eigenvalue weighted by Gasteiger charge is -2.35. The molecule has 12 heteroatoms. The Morgan fingerprint density at radius 2 is 1.91 bits per heavy atom. The summed E-state index contributed by atoms with van der Waals surface area (Å²) in [5.74, 6) is -1.59. The first-order chi connectivity index (χ1) is 15.9. The fraction of sp³-hybridized carbons (Fsp3) is 0.364. The zero-order chi connectivity index (χ0) is 24.7. The quantitative estimate of drug-likeness (QED) is 0.678. The predicted octanol–water partition coefficient (Wildman–Crippen LogP) is 2.72. The number of amides is 2. The molecule has 2 aliphatic heterocycles. The highest BCUT2D eigenvalue weighted by atomic mass is 32.2. The van der Waals surface area contributed by atoms with E-state index in [1.165, 1.54) is 18.2 Å². The number of rotatable bonds is 4. The number of sulfonamides is 1. The minimum atomic E-state index is -4.80. The summed E-state index contributed by atoms with van der Waals surface area (Å²) in [5, 5.41) is 2.45. The van der Waals surface area contributed by atoms with Gasteiger partial charge in [0.15, 0.2) is 0 Å². The van der Waals surface area contributed by atoms with Gasteiger partial charge in [-0.3, -0.25) is 24.1 Å². The van der Waals surface area contributed by atoms with Crippen molar-refractivity contribution in [1.29, 1.82) is 0 Å². The van der Waals surface area contributed by atoms with Crippen LogP contribution in [0.2, 0.25) is 0 Å². The highest BCUT2D eigenvalue weighted by Gasteiger charge is 2.49. The van der Waals surface area contributed by atoms with Crippen LogP contribution in [0.4, 0.5) is 30.2 Å². The van der Waals surface area contributed by atoms with Gasteiger partial charge in [0.05, 0.1) is 36.3 Å². The van der Waals surface area contributed by atoms with Crippen LogP contribution in [-0.2, 0) is 32.6 Å². The van der Waals surface area contributed by atoms with Gasteiger partial charge in [0.25, 0.3) is 0 Å². The summed E-state index contributed by atoms with van der Waals surface area (Å²) in [5.41, 5.74) is 2.17. The third-order valence-electron chi connectivity index (χ3n) is 5.77. The molecule has 2 N–H and O–H groups in total. The number of hydrogen-bond donors (Lipinski definition) is 2. The van der Waals surface area contributed by atoms with Gasteiger partial charge < -0.3 is 5.32 Å². The first-order valence-electron chi connectivity index (χ1n) is 10.5. The lowest BCUT2D eigenvalue weighted by molar-refractivity contribution is -0.158. The van der Waals surface area contributed by atoms with Gasteiger partial charge >= 0.3 is 6.18 Å². The molecule has 1 unspecified atom stereocenters. The van der Waals surface area contributed by atoms with Crippen LogP contribution in [-0.4, -0.2) is 56.7 Å². The van der Waals surface area contributed by atoms with Crippen LogP contribution in [0.3, 0.4) is 0 Å². The van der Waals surface area contributed by atoms with Crippen molar-refractivity contribution >= 4 is 38.9 Å². The van der Waals surface area contributed by atoms with E-state index >= 15 is 0 Å². The highest BCUT2D eigenvalue weighted by molar-refractivity contribution is 7.92. The average molecular weight is 497 g/mol. The van der Waals surface area contributed by atoms with E-state index in [-0.39, 0.29) is 24.5 Å². The Morgan fingerprint density at radius 3 is 2.62 bits per heavy atom. The molecule has 1 atom stereocenters. The van der Waals surface area contributed by atoms with Crippen molar-refractivity contribution in [2.24, 2.45) is 0 Å². The van der Waals surface area contributed by atoms with Crippen LogP contribution in [0.25, 0.3) is 0 Å². The second-order valence-corrected chi connectivity index (χ2v) is 10.1. The van der Waals surface area contributed by atoms with E-state index in [9.17, 15) is 31.2 Å². The molecule has 0 spiro atoms. The summed E-state index contributed by atoms with van der Waals surface area (Å²) >= 11 is 0. The van der Waals surface area contributed by atoms with Crippen molar-refractivity contribution in [3.05, 3.63) is 53.6 Å². The first kappa shape index (κ1) is 24.0. The fourth-order valence-electron chi connectivity index (χ4n) is 4.36. The Balaban J connectivity index is 1.60. The molecule has 8 nitrogen and oxygen atoms in total. The largest absolute Gasteiger partial charge is 0.409 e. The Bertz CT molecular complexity index is 1230. The minimum absolute atomic E-state index is 0.00211. The Hall–Kier alpha value is -3.12. The number of hydrogen-bond acceptors (Lipinski definition) is 5. The summed E-state index contributed by atoms with van der Waals surface area (Å²) < 4.78 is 67.5. The molecule has 0 radical (unpaired) electrons. The van der Waals surface area contributed by atoms with Crippen molar-refractivity contribution in [3.8, 4) is 0 Å². The number of benzene rings is 2. The molecule has 0 bridgehead atoms. The maximum Gasteiger partial charge on any atom is 0.409 e. The first-order valence-corrected chi connectivity index (χ1v) is 12.4.